The van der Waals surface area contributed by atoms with Gasteiger partial charge in [-0.25, -0.2) is 0 Å². The zero-order chi connectivity index (χ0) is 53.3. The van der Waals surface area contributed by atoms with Crippen molar-refractivity contribution in [3.05, 3.63) is 51.8 Å². The largest absolute Gasteiger partial charge is 0.459 e. The molecule has 410 valence electrons. The maximum Gasteiger partial charge on any atom is 0.311 e. The van der Waals surface area contributed by atoms with Crippen LogP contribution in [0.3, 0.4) is 0 Å². The first-order chi connectivity index (χ1) is 34.4. The Morgan fingerprint density at radius 3 is 2.37 bits per heavy atom. The first-order valence-corrected chi connectivity index (χ1v) is 26.3. The quantitative estimate of drug-likeness (QED) is 0.113. The third-order valence-electron chi connectivity index (χ3n) is 16.9. The number of likely N-dealkylation sites (tertiary alicyclic amines) is 1. The van der Waals surface area contributed by atoms with Gasteiger partial charge in [0.1, 0.15) is 29.7 Å². The maximum absolute atomic E-state index is 14.4. The summed E-state index contributed by atoms with van der Waals surface area (Å²) in [6.07, 6.45) is -4.81. The number of carbonyl (C=O) groups excluding carboxylic acids is 2. The van der Waals surface area contributed by atoms with Gasteiger partial charge in [-0.3, -0.25) is 29.3 Å². The van der Waals surface area contributed by atoms with Gasteiger partial charge in [0.15, 0.2) is 12.6 Å². The number of aliphatic hydroxyl groups excluding tert-OH is 3. The lowest BCUT2D eigenvalue weighted by Gasteiger charge is -2.49. The monoisotopic (exact) mass is 1030 g/mol. The molecule has 0 amide bonds. The fourth-order valence-electron chi connectivity index (χ4n) is 12.2. The molecule has 4 N–H and O–H groups in total. The van der Waals surface area contributed by atoms with E-state index in [1.165, 1.54) is 26.2 Å². The molecule has 0 spiro atoms. The van der Waals surface area contributed by atoms with Gasteiger partial charge in [-0.2, -0.15) is 0 Å². The summed E-state index contributed by atoms with van der Waals surface area (Å²) in [5, 5.41) is 66.9. The predicted molar refractivity (Wildman–Crippen MR) is 264 cm³/mol. The number of methoxy groups -OCH3 is 1. The minimum absolute atomic E-state index is 0.0102. The van der Waals surface area contributed by atoms with Gasteiger partial charge >= 0.3 is 5.97 Å². The highest BCUT2D eigenvalue weighted by Crippen LogP contribution is 2.45. The number of fused-ring (bicyclic) bond motifs is 2. The Labute approximate surface area is 429 Å². The number of cyclic esters (lactones) is 1. The molecular formula is C52H82N6O15. The number of likely N-dealkylation sites (N-methyl/N-ethyl adjacent to an activating group) is 1. The molecule has 21 heteroatoms. The summed E-state index contributed by atoms with van der Waals surface area (Å²) in [5.41, 5.74) is -2.41. The second-order valence-electron chi connectivity index (χ2n) is 22.4. The minimum Gasteiger partial charge on any atom is -0.459 e. The van der Waals surface area contributed by atoms with Crippen molar-refractivity contribution in [3.63, 3.8) is 0 Å². The molecule has 5 aliphatic heterocycles. The van der Waals surface area contributed by atoms with E-state index in [-0.39, 0.29) is 49.5 Å². The Hall–Kier alpha value is -3.58. The van der Waals surface area contributed by atoms with Crippen LogP contribution in [0, 0.1) is 33.8 Å². The number of aromatic nitrogens is 3. The number of esters is 1. The van der Waals surface area contributed by atoms with E-state index >= 15 is 0 Å². The highest BCUT2D eigenvalue weighted by atomic mass is 16.7. The van der Waals surface area contributed by atoms with Crippen LogP contribution < -0.4 is 0 Å². The van der Waals surface area contributed by atoms with E-state index in [9.17, 15) is 40.1 Å². The summed E-state index contributed by atoms with van der Waals surface area (Å²) in [7, 11) is 3.44. The lowest BCUT2D eigenvalue weighted by Crippen LogP contribution is -2.61. The van der Waals surface area contributed by atoms with Crippen LogP contribution in [0.5, 0.6) is 0 Å². The number of hydrogen-bond acceptors (Lipinski definition) is 19. The summed E-state index contributed by atoms with van der Waals surface area (Å²) < 4.78 is 46.9. The number of non-ortho nitro benzene ring substituents is 1. The zero-order valence-corrected chi connectivity index (χ0v) is 44.6. The number of rotatable bonds is 15. The summed E-state index contributed by atoms with van der Waals surface area (Å²) in [4.78, 5) is 43.9. The summed E-state index contributed by atoms with van der Waals surface area (Å²) >= 11 is 0. The van der Waals surface area contributed by atoms with E-state index in [2.05, 4.69) is 20.1 Å². The molecule has 7 rings (SSSR count). The molecule has 2 aromatic rings. The van der Waals surface area contributed by atoms with Gasteiger partial charge in [0.2, 0.25) is 0 Å². The molecule has 6 heterocycles. The first-order valence-electron chi connectivity index (χ1n) is 26.3. The molecule has 21 nitrogen and oxygen atoms in total. The van der Waals surface area contributed by atoms with E-state index in [0.717, 1.165) is 30.6 Å². The van der Waals surface area contributed by atoms with Crippen LogP contribution in [-0.4, -0.2) is 186 Å². The molecule has 1 aromatic heterocycles. The molecule has 0 saturated carbocycles. The number of hydrogen-bond donors (Lipinski definition) is 4. The molecule has 5 fully saturated rings. The van der Waals surface area contributed by atoms with Gasteiger partial charge in [0, 0.05) is 81.2 Å². The van der Waals surface area contributed by atoms with E-state index in [4.69, 9.17) is 33.2 Å². The average molecular weight is 1030 g/mol. The number of nitro groups is 1. The van der Waals surface area contributed by atoms with E-state index in [1.54, 1.807) is 34.6 Å². The van der Waals surface area contributed by atoms with E-state index in [0.29, 0.717) is 32.5 Å². The number of benzene rings is 1. The van der Waals surface area contributed by atoms with Crippen LogP contribution in [0.2, 0.25) is 0 Å². The van der Waals surface area contributed by atoms with Crippen LogP contribution in [0.15, 0.2) is 30.5 Å². The number of ether oxygens (including phenoxy) is 7. The minimum atomic E-state index is -2.00. The van der Waals surface area contributed by atoms with Crippen LogP contribution in [0.1, 0.15) is 112 Å². The van der Waals surface area contributed by atoms with Crippen LogP contribution >= 0.6 is 0 Å². The van der Waals surface area contributed by atoms with Gasteiger partial charge in [0.25, 0.3) is 5.69 Å². The Morgan fingerprint density at radius 1 is 0.986 bits per heavy atom. The van der Waals surface area contributed by atoms with E-state index < -0.39 is 113 Å². The number of ketones is 1. The van der Waals surface area contributed by atoms with Crippen LogP contribution in [0.25, 0.3) is 0 Å². The smallest absolute Gasteiger partial charge is 0.311 e. The van der Waals surface area contributed by atoms with E-state index in [1.807, 2.05) is 50.8 Å². The Kier molecular flexibility index (Phi) is 18.3. The zero-order valence-electron chi connectivity index (χ0n) is 44.6. The normalized spacial score (nSPS) is 41.2. The third kappa shape index (κ3) is 12.5. The predicted octanol–water partition coefficient (Wildman–Crippen LogP) is 3.58. The summed E-state index contributed by atoms with van der Waals surface area (Å²) in [6.45, 7) is 18.1. The second kappa shape index (κ2) is 23.3. The van der Waals surface area contributed by atoms with Gasteiger partial charge < -0.3 is 58.5 Å². The van der Waals surface area contributed by atoms with Crippen molar-refractivity contribution in [2.75, 3.05) is 33.9 Å². The highest BCUT2D eigenvalue weighted by molar-refractivity contribution is 5.84. The SMILES string of the molecule is CC[C@H]1OC(=O)[C@H](C)[C@@H](O[C@H]2C[C@@](C)(OC)[C@@H](O)[C@H](C)O2)[C@H](C)[C@@H](O[C@@H]2O[C@H](C)C[C@H](N(C)CCc3cn(C[C@H]4CCCN4Cc4ccc([N+](=O)[O-])cc4)nn3)[C@H]2O)[C@@]2(C)C[C@@H](CO2)C(=O)[C@H](C)[C@@H](O)[C@]1(C)O. The van der Waals surface area contributed by atoms with Crippen molar-refractivity contribution in [1.29, 1.82) is 0 Å². The maximum atomic E-state index is 14.4. The second-order valence-corrected chi connectivity index (χ2v) is 22.4. The topological polar surface area (TPSA) is 260 Å². The molecule has 73 heavy (non-hydrogen) atoms. The van der Waals surface area contributed by atoms with Crippen molar-refractivity contribution < 1.29 is 68.1 Å². The molecular weight excluding hydrogens is 949 g/mol. The fourth-order valence-corrected chi connectivity index (χ4v) is 12.2. The molecule has 2 bridgehead atoms. The standard InChI is InChI=1S/C52H82N6O15/c1-12-40-52(9,64)45(61)30(3)42(59)35-23-51(8,68-28-35)47(31(4)44(32(5)48(63)71-40)72-41-24-50(7,67-11)46(62)33(6)70-41)73-49-43(60)39(22-29(2)69-49)55(10)21-19-36-26-57(54-53-36)27-38-14-13-20-56(38)25-34-15-17-37(18-16-34)58(65)66/h15-18,26,29-33,35,38-41,43-47,49,60-62,64H,12-14,19-25,27-28H2,1-11H3/t29-,30+,31+,32-,33+,35+,38-,39+,40-,41+,43-,44+,45-,46+,47-,49+,50-,51-,52-/m1/s1. The molecule has 0 aliphatic carbocycles. The van der Waals surface area contributed by atoms with Gasteiger partial charge in [-0.1, -0.05) is 38.1 Å². The Bertz CT molecular complexity index is 2180. The third-order valence-corrected chi connectivity index (χ3v) is 16.9. The Morgan fingerprint density at radius 2 is 1.70 bits per heavy atom. The van der Waals surface area contributed by atoms with Crippen molar-refractivity contribution >= 4 is 17.4 Å². The molecule has 0 unspecified atom stereocenters. The number of aliphatic hydroxyl groups is 4. The molecule has 0 radical (unpaired) electrons. The van der Waals surface area contributed by atoms with Gasteiger partial charge in [-0.05, 0) is 92.8 Å². The number of nitrogens with zero attached hydrogens (tertiary/aromatic N) is 6. The molecule has 5 saturated heterocycles. The Balaban J connectivity index is 1.10. The number of Topliss-reactive ketones (excluding diaryl/α,β-unsaturated/α-hetero) is 1. The highest BCUT2D eigenvalue weighted by Gasteiger charge is 2.56. The number of carbonyl (C=O) groups is 2. The van der Waals surface area contributed by atoms with Crippen LogP contribution in [0.4, 0.5) is 5.69 Å². The van der Waals surface area contributed by atoms with Crippen molar-refractivity contribution in [3.8, 4) is 0 Å². The van der Waals surface area contributed by atoms with Gasteiger partial charge in [-0.15, -0.1) is 5.10 Å². The van der Waals surface area contributed by atoms with Crippen LogP contribution in [-0.2, 0) is 62.3 Å². The van der Waals surface area contributed by atoms with Crippen molar-refractivity contribution in [1.82, 2.24) is 24.8 Å². The van der Waals surface area contributed by atoms with Crippen molar-refractivity contribution in [2.45, 2.75) is 211 Å². The summed E-state index contributed by atoms with van der Waals surface area (Å²) in [6, 6.07) is 6.50. The van der Waals surface area contributed by atoms with Crippen molar-refractivity contribution in [2.24, 2.45) is 23.7 Å². The molecule has 5 aliphatic rings. The molecule has 1 aromatic carbocycles. The lowest BCUT2D eigenvalue weighted by atomic mass is 9.75. The fraction of sp³-hybridized carbons (Fsp3) is 0.808. The van der Waals surface area contributed by atoms with Gasteiger partial charge in [0.05, 0.1) is 71.4 Å². The number of nitro benzene ring substituents is 1. The molecule has 19 atom stereocenters. The lowest BCUT2D eigenvalue weighted by molar-refractivity contribution is -0.384. The summed E-state index contributed by atoms with van der Waals surface area (Å²) in [5.74, 6) is -4.61. The average Bonchev–Trinajstić information content (AvgIpc) is 4.12. The first kappa shape index (κ1) is 57.1.